The van der Waals surface area contributed by atoms with Crippen LogP contribution in [0.15, 0.2) is 30.6 Å². The molecule has 0 saturated carbocycles. The lowest BCUT2D eigenvalue weighted by Crippen LogP contribution is -2.26. The number of aryl methyl sites for hydroxylation is 1. The Labute approximate surface area is 111 Å². The number of halogens is 1. The van der Waals surface area contributed by atoms with Crippen LogP contribution in [0.25, 0.3) is 0 Å². The molecule has 1 aromatic carbocycles. The van der Waals surface area contributed by atoms with Gasteiger partial charge in [0.05, 0.1) is 6.20 Å². The number of fused-ring (bicyclic) bond motifs is 1. The van der Waals surface area contributed by atoms with Crippen molar-refractivity contribution < 1.29 is 9.13 Å². The summed E-state index contributed by atoms with van der Waals surface area (Å²) in [5.74, 6) is 0.503. The van der Waals surface area contributed by atoms with E-state index in [1.54, 1.807) is 10.7 Å². The first-order valence-corrected chi connectivity index (χ1v) is 6.29. The monoisotopic (exact) mass is 261 g/mol. The molecule has 3 rings (SSSR count). The molecule has 2 atom stereocenters. The zero-order valence-corrected chi connectivity index (χ0v) is 10.9. The Bertz CT molecular complexity index is 596. The van der Waals surface area contributed by atoms with Gasteiger partial charge in [-0.3, -0.25) is 4.68 Å². The second kappa shape index (κ2) is 4.66. The molecule has 19 heavy (non-hydrogen) atoms. The second-order valence-electron chi connectivity index (χ2n) is 4.81. The first-order valence-electron chi connectivity index (χ1n) is 6.29. The van der Waals surface area contributed by atoms with Crippen LogP contribution < -0.4 is 10.1 Å². The highest BCUT2D eigenvalue weighted by Crippen LogP contribution is 2.40. The van der Waals surface area contributed by atoms with Gasteiger partial charge in [-0.2, -0.15) is 5.10 Å². The van der Waals surface area contributed by atoms with Crippen LogP contribution in [0.5, 0.6) is 5.75 Å². The van der Waals surface area contributed by atoms with E-state index in [-0.39, 0.29) is 18.0 Å². The van der Waals surface area contributed by atoms with E-state index in [0.717, 1.165) is 23.3 Å². The number of nitrogens with zero attached hydrogens (tertiary/aromatic N) is 2. The predicted octanol–water partition coefficient (Wildman–Crippen LogP) is 2.34. The lowest BCUT2D eigenvalue weighted by atomic mass is 9.94. The molecular weight excluding hydrogens is 245 g/mol. The summed E-state index contributed by atoms with van der Waals surface area (Å²) < 4.78 is 21.0. The minimum absolute atomic E-state index is 0.0517. The Kier molecular flexibility index (Phi) is 2.98. The molecule has 1 aliphatic heterocycles. The molecule has 0 aliphatic carbocycles. The van der Waals surface area contributed by atoms with Gasteiger partial charge in [0, 0.05) is 36.8 Å². The highest BCUT2D eigenvalue weighted by atomic mass is 19.1. The summed E-state index contributed by atoms with van der Waals surface area (Å²) >= 11 is 0. The highest BCUT2D eigenvalue weighted by molar-refractivity contribution is 5.39. The van der Waals surface area contributed by atoms with Crippen LogP contribution in [-0.4, -0.2) is 16.8 Å². The number of rotatable bonds is 2. The summed E-state index contributed by atoms with van der Waals surface area (Å²) in [7, 11) is 3.76. The van der Waals surface area contributed by atoms with Crippen LogP contribution in [0.1, 0.15) is 29.7 Å². The number of ether oxygens (including phenoxy) is 1. The first kappa shape index (κ1) is 12.2. The van der Waals surface area contributed by atoms with E-state index in [1.165, 1.54) is 12.1 Å². The molecule has 100 valence electrons. The van der Waals surface area contributed by atoms with Crippen LogP contribution in [0.3, 0.4) is 0 Å². The van der Waals surface area contributed by atoms with Crippen molar-refractivity contribution >= 4 is 0 Å². The van der Waals surface area contributed by atoms with Crippen molar-refractivity contribution in [3.8, 4) is 5.75 Å². The molecule has 2 unspecified atom stereocenters. The van der Waals surface area contributed by atoms with Crippen molar-refractivity contribution in [3.63, 3.8) is 0 Å². The predicted molar refractivity (Wildman–Crippen MR) is 69.4 cm³/mol. The second-order valence-corrected chi connectivity index (χ2v) is 4.81. The van der Waals surface area contributed by atoms with Crippen molar-refractivity contribution in [3.05, 3.63) is 47.5 Å². The van der Waals surface area contributed by atoms with E-state index in [2.05, 4.69) is 10.4 Å². The van der Waals surface area contributed by atoms with Crippen LogP contribution in [0.4, 0.5) is 4.39 Å². The van der Waals surface area contributed by atoms with Gasteiger partial charge in [-0.05, 0) is 25.2 Å². The first-order chi connectivity index (χ1) is 9.17. The molecule has 0 fully saturated rings. The molecule has 2 heterocycles. The number of nitrogens with one attached hydrogen (secondary N) is 1. The van der Waals surface area contributed by atoms with Crippen LogP contribution in [-0.2, 0) is 7.05 Å². The van der Waals surface area contributed by atoms with E-state index >= 15 is 0 Å². The van der Waals surface area contributed by atoms with Gasteiger partial charge in [0.25, 0.3) is 0 Å². The summed E-state index contributed by atoms with van der Waals surface area (Å²) in [6.45, 7) is 0. The highest BCUT2D eigenvalue weighted by Gasteiger charge is 2.29. The molecule has 4 nitrogen and oxygen atoms in total. The van der Waals surface area contributed by atoms with E-state index < -0.39 is 0 Å². The summed E-state index contributed by atoms with van der Waals surface area (Å²) in [5, 5.41) is 7.39. The maximum atomic E-state index is 13.3. The van der Waals surface area contributed by atoms with Crippen molar-refractivity contribution in [2.75, 3.05) is 7.05 Å². The quantitative estimate of drug-likeness (QED) is 0.902. The molecule has 1 aliphatic rings. The van der Waals surface area contributed by atoms with Gasteiger partial charge in [0.1, 0.15) is 17.7 Å². The fourth-order valence-corrected chi connectivity index (χ4v) is 2.53. The maximum absolute atomic E-state index is 13.3. The molecular formula is C14H16FN3O. The third-order valence-electron chi connectivity index (χ3n) is 3.51. The van der Waals surface area contributed by atoms with Crippen LogP contribution in [0, 0.1) is 5.82 Å². The van der Waals surface area contributed by atoms with Crippen molar-refractivity contribution in [1.82, 2.24) is 15.1 Å². The van der Waals surface area contributed by atoms with E-state index in [9.17, 15) is 4.39 Å². The largest absolute Gasteiger partial charge is 0.485 e. The zero-order valence-electron chi connectivity index (χ0n) is 10.9. The summed E-state index contributed by atoms with van der Waals surface area (Å²) in [6, 6.07) is 4.75. The number of hydrogen-bond donors (Lipinski definition) is 1. The lowest BCUT2D eigenvalue weighted by Gasteiger charge is -2.31. The van der Waals surface area contributed by atoms with E-state index in [0.29, 0.717) is 0 Å². The Balaban J connectivity index is 1.95. The molecule has 1 aromatic heterocycles. The SMILES string of the molecule is CNC1CC(c2cnn(C)c2)Oc2ccc(F)cc21. The third kappa shape index (κ3) is 2.21. The fraction of sp³-hybridized carbons (Fsp3) is 0.357. The van der Waals surface area contributed by atoms with Gasteiger partial charge in [-0.1, -0.05) is 0 Å². The van der Waals surface area contributed by atoms with Gasteiger partial charge in [-0.15, -0.1) is 0 Å². The number of aromatic nitrogens is 2. The number of benzene rings is 1. The van der Waals surface area contributed by atoms with Crippen molar-refractivity contribution in [1.29, 1.82) is 0 Å². The molecule has 0 radical (unpaired) electrons. The van der Waals surface area contributed by atoms with E-state index in [4.69, 9.17) is 4.74 Å². The molecule has 0 spiro atoms. The minimum Gasteiger partial charge on any atom is -0.485 e. The average Bonchev–Trinajstić information content (AvgIpc) is 2.84. The molecule has 0 saturated heterocycles. The zero-order chi connectivity index (χ0) is 13.4. The molecule has 2 aromatic rings. The van der Waals surface area contributed by atoms with Gasteiger partial charge >= 0.3 is 0 Å². The van der Waals surface area contributed by atoms with Gasteiger partial charge < -0.3 is 10.1 Å². The third-order valence-corrected chi connectivity index (χ3v) is 3.51. The Morgan fingerprint density at radius 3 is 3.00 bits per heavy atom. The maximum Gasteiger partial charge on any atom is 0.129 e. The summed E-state index contributed by atoms with van der Waals surface area (Å²) in [5.41, 5.74) is 1.92. The fourth-order valence-electron chi connectivity index (χ4n) is 2.53. The van der Waals surface area contributed by atoms with Gasteiger partial charge in [0.15, 0.2) is 0 Å². The Morgan fingerprint density at radius 1 is 1.47 bits per heavy atom. The topological polar surface area (TPSA) is 39.1 Å². The van der Waals surface area contributed by atoms with Crippen molar-refractivity contribution in [2.24, 2.45) is 7.05 Å². The van der Waals surface area contributed by atoms with Crippen LogP contribution in [0.2, 0.25) is 0 Å². The lowest BCUT2D eigenvalue weighted by molar-refractivity contribution is 0.153. The molecule has 1 N–H and O–H groups in total. The molecule has 0 bridgehead atoms. The standard InChI is InChI=1S/C14H16FN3O/c1-16-12-6-14(9-7-17-18(2)8-9)19-13-4-3-10(15)5-11(12)13/h3-5,7-8,12,14,16H,6H2,1-2H3. The molecule has 0 amide bonds. The smallest absolute Gasteiger partial charge is 0.129 e. The Hall–Kier alpha value is -1.88. The summed E-state index contributed by atoms with van der Waals surface area (Å²) in [6.07, 6.45) is 4.47. The van der Waals surface area contributed by atoms with Crippen molar-refractivity contribution in [2.45, 2.75) is 18.6 Å². The minimum atomic E-state index is -0.234. The van der Waals surface area contributed by atoms with Gasteiger partial charge in [0.2, 0.25) is 0 Å². The van der Waals surface area contributed by atoms with Gasteiger partial charge in [-0.25, -0.2) is 4.39 Å². The van der Waals surface area contributed by atoms with Crippen LogP contribution >= 0.6 is 0 Å². The Morgan fingerprint density at radius 2 is 2.32 bits per heavy atom. The number of hydrogen-bond acceptors (Lipinski definition) is 3. The molecule has 5 heteroatoms. The normalized spacial score (nSPS) is 21.8. The van der Waals surface area contributed by atoms with E-state index in [1.807, 2.05) is 26.5 Å². The summed E-state index contributed by atoms with van der Waals surface area (Å²) in [4.78, 5) is 0. The average molecular weight is 261 g/mol.